The van der Waals surface area contributed by atoms with Gasteiger partial charge in [-0.25, -0.2) is 13.2 Å². The Labute approximate surface area is 141 Å². The van der Waals surface area contributed by atoms with Crippen molar-refractivity contribution in [1.29, 1.82) is 0 Å². The van der Waals surface area contributed by atoms with Crippen molar-refractivity contribution in [1.82, 2.24) is 4.72 Å². The van der Waals surface area contributed by atoms with Gasteiger partial charge in [0.1, 0.15) is 5.70 Å². The summed E-state index contributed by atoms with van der Waals surface area (Å²) in [6.45, 7) is 1.77. The van der Waals surface area contributed by atoms with E-state index in [4.69, 9.17) is 10.5 Å². The summed E-state index contributed by atoms with van der Waals surface area (Å²) < 4.78 is 32.2. The number of carbonyl (C=O) groups is 1. The lowest BCUT2D eigenvalue weighted by molar-refractivity contribution is -0.138. The number of hydrogen-bond acceptors (Lipinski definition) is 5. The van der Waals surface area contributed by atoms with E-state index in [-0.39, 0.29) is 17.2 Å². The summed E-state index contributed by atoms with van der Waals surface area (Å²) in [6.07, 6.45) is 1.42. The number of hydrogen-bond donors (Lipinski definition) is 2. The largest absolute Gasteiger partial charge is 0.461 e. The summed E-state index contributed by atoms with van der Waals surface area (Å²) in [4.78, 5) is 12.0. The first-order valence-corrected chi connectivity index (χ1v) is 8.73. The number of nitrogens with one attached hydrogen (secondary N) is 1. The molecule has 6 nitrogen and oxygen atoms in total. The molecule has 0 aliphatic rings. The maximum atomic E-state index is 12.5. The van der Waals surface area contributed by atoms with Crippen molar-refractivity contribution in [2.24, 2.45) is 0 Å². The zero-order valence-electron chi connectivity index (χ0n) is 13.1. The predicted octanol–water partition coefficient (Wildman–Crippen LogP) is 2.15. The standard InChI is InChI=1S/C17H18N2O4S/c1-2-23-17(20)16(11-13-7-4-3-5-8-13)19-24(21,22)15-10-6-9-14(18)12-15/h3-12,19H,2,18H2,1H3. The van der Waals surface area contributed by atoms with Gasteiger partial charge in [0.05, 0.1) is 11.5 Å². The number of benzene rings is 2. The van der Waals surface area contributed by atoms with Crippen LogP contribution in [0.3, 0.4) is 0 Å². The van der Waals surface area contributed by atoms with E-state index >= 15 is 0 Å². The number of nitrogens with two attached hydrogens (primary N) is 1. The summed E-state index contributed by atoms with van der Waals surface area (Å²) in [5.41, 5.74) is 6.41. The highest BCUT2D eigenvalue weighted by Gasteiger charge is 2.20. The quantitative estimate of drug-likeness (QED) is 0.474. The van der Waals surface area contributed by atoms with E-state index in [2.05, 4.69) is 4.72 Å². The topological polar surface area (TPSA) is 98.5 Å². The number of sulfonamides is 1. The van der Waals surface area contributed by atoms with Crippen molar-refractivity contribution in [2.75, 3.05) is 12.3 Å². The van der Waals surface area contributed by atoms with Crippen molar-refractivity contribution in [3.63, 3.8) is 0 Å². The zero-order chi connectivity index (χ0) is 17.6. The van der Waals surface area contributed by atoms with Crippen LogP contribution in [0.1, 0.15) is 12.5 Å². The minimum atomic E-state index is -3.96. The average molecular weight is 346 g/mol. The number of esters is 1. The van der Waals surface area contributed by atoms with Crippen LogP contribution in [0.5, 0.6) is 0 Å². The first-order valence-electron chi connectivity index (χ1n) is 7.24. The third kappa shape index (κ3) is 4.60. The molecule has 7 heteroatoms. The minimum absolute atomic E-state index is 0.0363. The monoisotopic (exact) mass is 346 g/mol. The van der Waals surface area contributed by atoms with Crippen LogP contribution in [0.15, 0.2) is 65.2 Å². The van der Waals surface area contributed by atoms with Crippen molar-refractivity contribution in [3.05, 3.63) is 65.9 Å². The molecule has 24 heavy (non-hydrogen) atoms. The van der Waals surface area contributed by atoms with E-state index in [9.17, 15) is 13.2 Å². The number of carbonyl (C=O) groups excluding carboxylic acids is 1. The van der Waals surface area contributed by atoms with Crippen molar-refractivity contribution in [2.45, 2.75) is 11.8 Å². The van der Waals surface area contributed by atoms with Crippen molar-refractivity contribution >= 4 is 27.8 Å². The Hall–Kier alpha value is -2.80. The van der Waals surface area contributed by atoms with Gasteiger partial charge < -0.3 is 10.5 Å². The Morgan fingerprint density at radius 3 is 2.50 bits per heavy atom. The first kappa shape index (κ1) is 17.6. The van der Waals surface area contributed by atoms with Gasteiger partial charge in [-0.15, -0.1) is 0 Å². The SMILES string of the molecule is CCOC(=O)C(=Cc1ccccc1)NS(=O)(=O)c1cccc(N)c1. The highest BCUT2D eigenvalue weighted by atomic mass is 32.2. The molecule has 0 bridgehead atoms. The van der Waals surface area contributed by atoms with Crippen molar-refractivity contribution < 1.29 is 17.9 Å². The maximum absolute atomic E-state index is 12.5. The number of nitrogen functional groups attached to an aromatic ring is 1. The van der Waals surface area contributed by atoms with E-state index in [1.807, 2.05) is 6.07 Å². The molecule has 0 aliphatic carbocycles. The molecule has 0 fully saturated rings. The second-order valence-electron chi connectivity index (χ2n) is 4.87. The Morgan fingerprint density at radius 1 is 1.17 bits per heavy atom. The fraction of sp³-hybridized carbons (Fsp3) is 0.118. The van der Waals surface area contributed by atoms with Crippen LogP contribution in [-0.2, 0) is 19.6 Å². The van der Waals surface area contributed by atoms with Crippen LogP contribution >= 0.6 is 0 Å². The Morgan fingerprint density at radius 2 is 1.88 bits per heavy atom. The molecule has 2 rings (SSSR count). The lowest BCUT2D eigenvalue weighted by Crippen LogP contribution is -2.28. The molecule has 2 aromatic carbocycles. The van der Waals surface area contributed by atoms with Crippen LogP contribution in [-0.4, -0.2) is 21.0 Å². The molecule has 0 radical (unpaired) electrons. The van der Waals surface area contributed by atoms with E-state index in [1.165, 1.54) is 24.3 Å². The van der Waals surface area contributed by atoms with Crippen molar-refractivity contribution in [3.8, 4) is 0 Å². The van der Waals surface area contributed by atoms with Crippen LogP contribution in [0.25, 0.3) is 6.08 Å². The third-order valence-corrected chi connectivity index (χ3v) is 4.38. The fourth-order valence-electron chi connectivity index (χ4n) is 1.94. The van der Waals surface area contributed by atoms with Crippen LogP contribution in [0.4, 0.5) is 5.69 Å². The van der Waals surface area contributed by atoms with Crippen LogP contribution in [0.2, 0.25) is 0 Å². The normalized spacial score (nSPS) is 11.8. The second-order valence-corrected chi connectivity index (χ2v) is 6.55. The Balaban J connectivity index is 2.38. The van der Waals surface area contributed by atoms with Gasteiger partial charge in [-0.05, 0) is 36.8 Å². The molecule has 0 amide bonds. The first-order chi connectivity index (χ1) is 11.4. The van der Waals surface area contributed by atoms with Gasteiger partial charge in [0.2, 0.25) is 0 Å². The lowest BCUT2D eigenvalue weighted by Gasteiger charge is -2.11. The predicted molar refractivity (Wildman–Crippen MR) is 92.2 cm³/mol. The van der Waals surface area contributed by atoms with Crippen LogP contribution < -0.4 is 10.5 Å². The molecule has 0 spiro atoms. The Bertz CT molecular complexity index is 846. The van der Waals surface area contributed by atoms with Gasteiger partial charge in [-0.1, -0.05) is 36.4 Å². The third-order valence-electron chi connectivity index (χ3n) is 3.02. The molecule has 0 heterocycles. The van der Waals surface area contributed by atoms with Gasteiger partial charge >= 0.3 is 5.97 Å². The molecular weight excluding hydrogens is 328 g/mol. The highest BCUT2D eigenvalue weighted by Crippen LogP contribution is 2.15. The zero-order valence-corrected chi connectivity index (χ0v) is 13.9. The number of rotatable bonds is 6. The Kier molecular flexibility index (Phi) is 5.59. The molecular formula is C17H18N2O4S. The van der Waals surface area contributed by atoms with Gasteiger partial charge in [0.25, 0.3) is 10.0 Å². The maximum Gasteiger partial charge on any atom is 0.355 e. The number of ether oxygens (including phenoxy) is 1. The smallest absolute Gasteiger partial charge is 0.355 e. The molecule has 0 atom stereocenters. The van der Waals surface area contributed by atoms with Gasteiger partial charge in [-0.2, -0.15) is 0 Å². The molecule has 126 valence electrons. The molecule has 0 aliphatic heterocycles. The van der Waals surface area contributed by atoms with Crippen LogP contribution in [0, 0.1) is 0 Å². The van der Waals surface area contributed by atoms with Gasteiger partial charge in [-0.3, -0.25) is 4.72 Å². The van der Waals surface area contributed by atoms with Gasteiger partial charge in [0.15, 0.2) is 0 Å². The molecule has 0 saturated heterocycles. The minimum Gasteiger partial charge on any atom is -0.461 e. The lowest BCUT2D eigenvalue weighted by atomic mass is 10.2. The highest BCUT2D eigenvalue weighted by molar-refractivity contribution is 7.89. The fourth-order valence-corrected chi connectivity index (χ4v) is 3.04. The molecule has 0 aromatic heterocycles. The molecule has 2 aromatic rings. The summed E-state index contributed by atoms with van der Waals surface area (Å²) in [5.74, 6) is -0.756. The van der Waals surface area contributed by atoms with E-state index < -0.39 is 16.0 Å². The van der Waals surface area contributed by atoms with Gasteiger partial charge in [0, 0.05) is 5.69 Å². The number of anilines is 1. The van der Waals surface area contributed by atoms with E-state index in [0.29, 0.717) is 11.3 Å². The molecule has 0 saturated carbocycles. The summed E-state index contributed by atoms with van der Waals surface area (Å²) in [5, 5.41) is 0. The molecule has 0 unspecified atom stereocenters. The molecule has 3 N–H and O–H groups in total. The summed E-state index contributed by atoms with van der Waals surface area (Å²) in [7, 11) is -3.96. The van der Waals surface area contributed by atoms with E-state index in [0.717, 1.165) is 0 Å². The summed E-state index contributed by atoms with van der Waals surface area (Å²) in [6, 6.07) is 14.7. The average Bonchev–Trinajstić information content (AvgIpc) is 2.55. The second kappa shape index (κ2) is 7.65. The summed E-state index contributed by atoms with van der Waals surface area (Å²) >= 11 is 0. The van der Waals surface area contributed by atoms with E-state index in [1.54, 1.807) is 37.3 Å².